The van der Waals surface area contributed by atoms with E-state index in [4.69, 9.17) is 42.4 Å². The Balaban J connectivity index is 1.70. The number of rotatable bonds is 6. The Bertz CT molecular complexity index is 1310. The van der Waals surface area contributed by atoms with E-state index in [1.165, 1.54) is 0 Å². The molecule has 4 aromatic rings. The third-order valence-corrected chi connectivity index (χ3v) is 5.71. The van der Waals surface area contributed by atoms with Gasteiger partial charge in [-0.15, -0.1) is 0 Å². The highest BCUT2D eigenvalue weighted by atomic mass is 35.5. The van der Waals surface area contributed by atoms with Crippen LogP contribution in [0, 0.1) is 0 Å². The number of carbonyl (C=O) groups excluding carboxylic acids is 1. The topological polar surface area (TPSA) is 57.7 Å². The van der Waals surface area contributed by atoms with Crippen LogP contribution in [0.5, 0.6) is 11.5 Å². The van der Waals surface area contributed by atoms with Gasteiger partial charge in [-0.3, -0.25) is 0 Å². The van der Waals surface area contributed by atoms with E-state index in [2.05, 4.69) is 0 Å². The molecule has 0 fully saturated rings. The minimum Gasteiger partial charge on any atom is -0.493 e. The van der Waals surface area contributed by atoms with Gasteiger partial charge in [0.15, 0.2) is 11.5 Å². The minimum absolute atomic E-state index is 0.0675. The fourth-order valence-electron chi connectivity index (χ4n) is 3.34. The Hall–Kier alpha value is -3.28. The molecule has 1 heterocycles. The lowest BCUT2D eigenvalue weighted by atomic mass is 10.0. The molecule has 0 aliphatic carbocycles. The van der Waals surface area contributed by atoms with Gasteiger partial charge in [0, 0.05) is 10.9 Å². The molecule has 1 aromatic heterocycles. The fourth-order valence-corrected chi connectivity index (χ4v) is 3.66. The highest BCUT2D eigenvalue weighted by Gasteiger charge is 2.17. The van der Waals surface area contributed by atoms with Gasteiger partial charge in [0.05, 0.1) is 41.0 Å². The fraction of sp³-hybridized carbons (Fsp3) is 0.120. The number of aromatic nitrogens is 1. The number of para-hydroxylation sites is 1. The van der Waals surface area contributed by atoms with Crippen molar-refractivity contribution in [3.63, 3.8) is 0 Å². The van der Waals surface area contributed by atoms with Gasteiger partial charge >= 0.3 is 5.97 Å². The summed E-state index contributed by atoms with van der Waals surface area (Å²) in [6.07, 6.45) is 0. The number of esters is 1. The van der Waals surface area contributed by atoms with E-state index >= 15 is 0 Å². The number of ether oxygens (including phenoxy) is 3. The van der Waals surface area contributed by atoms with Gasteiger partial charge in [-0.2, -0.15) is 0 Å². The molecule has 0 atom stereocenters. The Morgan fingerprint density at radius 1 is 0.875 bits per heavy atom. The third-order valence-electron chi connectivity index (χ3n) is 4.97. The maximum Gasteiger partial charge on any atom is 0.339 e. The number of hydrogen-bond acceptors (Lipinski definition) is 5. The van der Waals surface area contributed by atoms with Crippen LogP contribution in [0.4, 0.5) is 0 Å². The molecule has 7 heteroatoms. The van der Waals surface area contributed by atoms with Gasteiger partial charge in [-0.05, 0) is 48.0 Å². The summed E-state index contributed by atoms with van der Waals surface area (Å²) in [5.41, 5.74) is 3.24. The van der Waals surface area contributed by atoms with Gasteiger partial charge < -0.3 is 14.2 Å². The third kappa shape index (κ3) is 4.49. The average molecular weight is 468 g/mol. The molecule has 0 aliphatic heterocycles. The van der Waals surface area contributed by atoms with Crippen molar-refractivity contribution in [1.29, 1.82) is 0 Å². The monoisotopic (exact) mass is 467 g/mol. The first-order chi connectivity index (χ1) is 15.5. The summed E-state index contributed by atoms with van der Waals surface area (Å²) in [4.78, 5) is 17.8. The lowest BCUT2D eigenvalue weighted by Gasteiger charge is -2.12. The zero-order valence-corrected chi connectivity index (χ0v) is 18.9. The van der Waals surface area contributed by atoms with Crippen LogP contribution in [0.3, 0.4) is 0 Å². The molecular weight excluding hydrogens is 449 g/mol. The van der Waals surface area contributed by atoms with E-state index in [9.17, 15) is 4.79 Å². The molecule has 0 bridgehead atoms. The average Bonchev–Trinajstić information content (AvgIpc) is 2.83. The van der Waals surface area contributed by atoms with Crippen LogP contribution in [-0.4, -0.2) is 25.2 Å². The van der Waals surface area contributed by atoms with Crippen LogP contribution in [0.2, 0.25) is 10.0 Å². The van der Waals surface area contributed by atoms with Crippen LogP contribution in [0.25, 0.3) is 22.2 Å². The first kappa shape index (κ1) is 21.9. The molecule has 5 nitrogen and oxygen atoms in total. The number of benzene rings is 3. The molecule has 0 N–H and O–H groups in total. The number of methoxy groups -OCH3 is 2. The van der Waals surface area contributed by atoms with Crippen LogP contribution in [0.15, 0.2) is 66.7 Å². The lowest BCUT2D eigenvalue weighted by Crippen LogP contribution is -2.07. The van der Waals surface area contributed by atoms with E-state index in [-0.39, 0.29) is 6.61 Å². The zero-order valence-electron chi connectivity index (χ0n) is 17.4. The Morgan fingerprint density at radius 2 is 1.66 bits per heavy atom. The Kier molecular flexibility index (Phi) is 6.49. The number of hydrogen-bond donors (Lipinski definition) is 0. The molecule has 3 aromatic carbocycles. The zero-order chi connectivity index (χ0) is 22.7. The van der Waals surface area contributed by atoms with Crippen molar-refractivity contribution in [1.82, 2.24) is 4.98 Å². The first-order valence-electron chi connectivity index (χ1n) is 9.73. The summed E-state index contributed by atoms with van der Waals surface area (Å²) in [5.74, 6) is 0.721. The minimum atomic E-state index is -0.462. The summed E-state index contributed by atoms with van der Waals surface area (Å²) in [5, 5.41) is 1.56. The summed E-state index contributed by atoms with van der Waals surface area (Å²) < 4.78 is 16.3. The highest BCUT2D eigenvalue weighted by Crippen LogP contribution is 2.33. The van der Waals surface area contributed by atoms with E-state index in [0.29, 0.717) is 43.7 Å². The van der Waals surface area contributed by atoms with Gasteiger partial charge in [0.2, 0.25) is 0 Å². The number of halogens is 2. The SMILES string of the molecule is COc1ccc(-c2cc(C(=O)OCc3ccc(Cl)c(Cl)c3)c3ccccc3n2)cc1OC. The Labute approximate surface area is 195 Å². The molecule has 32 heavy (non-hydrogen) atoms. The molecule has 0 saturated carbocycles. The number of nitrogens with zero attached hydrogens (tertiary/aromatic N) is 1. The van der Waals surface area contributed by atoms with Crippen molar-refractivity contribution < 1.29 is 19.0 Å². The van der Waals surface area contributed by atoms with Gasteiger partial charge in [-0.25, -0.2) is 9.78 Å². The second kappa shape index (κ2) is 9.47. The Morgan fingerprint density at radius 3 is 2.41 bits per heavy atom. The second-order valence-corrected chi connectivity index (χ2v) is 7.78. The predicted molar refractivity (Wildman–Crippen MR) is 126 cm³/mol. The predicted octanol–water partition coefficient (Wildman–Crippen LogP) is 6.58. The van der Waals surface area contributed by atoms with E-state index in [1.54, 1.807) is 44.6 Å². The summed E-state index contributed by atoms with van der Waals surface area (Å²) >= 11 is 12.0. The smallest absolute Gasteiger partial charge is 0.339 e. The van der Waals surface area contributed by atoms with Crippen molar-refractivity contribution in [3.05, 3.63) is 87.9 Å². The molecule has 0 amide bonds. The van der Waals surface area contributed by atoms with Gasteiger partial charge in [-0.1, -0.05) is 47.5 Å². The van der Waals surface area contributed by atoms with Crippen molar-refractivity contribution in [2.24, 2.45) is 0 Å². The molecule has 0 spiro atoms. The van der Waals surface area contributed by atoms with Gasteiger partial charge in [0.1, 0.15) is 6.61 Å². The molecule has 0 radical (unpaired) electrons. The van der Waals surface area contributed by atoms with Crippen molar-refractivity contribution in [2.75, 3.05) is 14.2 Å². The second-order valence-electron chi connectivity index (χ2n) is 6.97. The number of fused-ring (bicyclic) bond motifs is 1. The molecule has 162 valence electrons. The lowest BCUT2D eigenvalue weighted by molar-refractivity contribution is 0.0475. The van der Waals surface area contributed by atoms with E-state index in [1.807, 2.05) is 36.4 Å². The number of pyridine rings is 1. The first-order valence-corrected chi connectivity index (χ1v) is 10.5. The van der Waals surface area contributed by atoms with Crippen molar-refractivity contribution in [3.8, 4) is 22.8 Å². The normalized spacial score (nSPS) is 10.8. The summed E-state index contributed by atoms with van der Waals surface area (Å²) in [7, 11) is 3.15. The molecule has 0 unspecified atom stereocenters. The van der Waals surface area contributed by atoms with Crippen LogP contribution < -0.4 is 9.47 Å². The largest absolute Gasteiger partial charge is 0.493 e. The maximum absolute atomic E-state index is 13.0. The van der Waals surface area contributed by atoms with Crippen LogP contribution >= 0.6 is 23.2 Å². The van der Waals surface area contributed by atoms with E-state index in [0.717, 1.165) is 11.1 Å². The van der Waals surface area contributed by atoms with Gasteiger partial charge in [0.25, 0.3) is 0 Å². The number of carbonyl (C=O) groups is 1. The standard InChI is InChI=1S/C25H19Cl2NO4/c1-30-23-10-8-16(12-24(23)31-2)22-13-18(17-5-3-4-6-21(17)28-22)25(29)32-14-15-7-9-19(26)20(27)11-15/h3-13H,14H2,1-2H3. The van der Waals surface area contributed by atoms with E-state index < -0.39 is 5.97 Å². The van der Waals surface area contributed by atoms with Crippen molar-refractivity contribution >= 4 is 40.1 Å². The maximum atomic E-state index is 13.0. The van der Waals surface area contributed by atoms with Crippen LogP contribution in [-0.2, 0) is 11.3 Å². The quantitative estimate of drug-likeness (QED) is 0.299. The van der Waals surface area contributed by atoms with Crippen molar-refractivity contribution in [2.45, 2.75) is 6.61 Å². The molecule has 0 aliphatic rings. The van der Waals surface area contributed by atoms with Crippen LogP contribution in [0.1, 0.15) is 15.9 Å². The highest BCUT2D eigenvalue weighted by molar-refractivity contribution is 6.42. The molecular formula is C25H19Cl2NO4. The summed E-state index contributed by atoms with van der Waals surface area (Å²) in [6.45, 7) is 0.0675. The molecule has 0 saturated heterocycles. The summed E-state index contributed by atoms with van der Waals surface area (Å²) in [6, 6.07) is 19.8. The molecule has 4 rings (SSSR count).